The summed E-state index contributed by atoms with van der Waals surface area (Å²) < 4.78 is 10.9. The second-order valence-electron chi connectivity index (χ2n) is 3.78. The first kappa shape index (κ1) is 12.7. The highest BCUT2D eigenvalue weighted by Crippen LogP contribution is 2.34. The van der Waals surface area contributed by atoms with E-state index in [0.29, 0.717) is 11.7 Å². The summed E-state index contributed by atoms with van der Waals surface area (Å²) in [7, 11) is 1.64. The number of thiazole rings is 1. The van der Waals surface area contributed by atoms with E-state index in [1.165, 1.54) is 11.3 Å². The van der Waals surface area contributed by atoms with Crippen LogP contribution >= 0.6 is 11.3 Å². The van der Waals surface area contributed by atoms with Gasteiger partial charge >= 0.3 is 0 Å². The summed E-state index contributed by atoms with van der Waals surface area (Å²) in [4.78, 5) is 4.27. The number of hydrogen-bond donors (Lipinski definition) is 1. The van der Waals surface area contributed by atoms with Gasteiger partial charge in [-0.15, -0.1) is 11.3 Å². The van der Waals surface area contributed by atoms with E-state index >= 15 is 0 Å². The molecule has 0 aliphatic carbocycles. The molecule has 0 radical (unpaired) electrons. The van der Waals surface area contributed by atoms with Crippen molar-refractivity contribution in [1.29, 1.82) is 0 Å². The van der Waals surface area contributed by atoms with Gasteiger partial charge in [-0.3, -0.25) is 0 Å². The van der Waals surface area contributed by atoms with Crippen LogP contribution in [0.4, 0.5) is 5.13 Å². The average molecular weight is 264 g/mol. The minimum Gasteiger partial charge on any atom is -0.496 e. The molecule has 0 spiro atoms. The van der Waals surface area contributed by atoms with E-state index in [4.69, 9.17) is 15.2 Å². The van der Waals surface area contributed by atoms with E-state index in [1.54, 1.807) is 7.11 Å². The van der Waals surface area contributed by atoms with Crippen molar-refractivity contribution in [3.8, 4) is 22.8 Å². The Labute approximate surface area is 110 Å². The van der Waals surface area contributed by atoms with Gasteiger partial charge < -0.3 is 15.2 Å². The molecule has 2 N–H and O–H groups in total. The molecule has 0 saturated carbocycles. The van der Waals surface area contributed by atoms with Crippen LogP contribution in [0.15, 0.2) is 23.6 Å². The van der Waals surface area contributed by atoms with Gasteiger partial charge in [-0.1, -0.05) is 6.92 Å². The Morgan fingerprint density at radius 2 is 2.22 bits per heavy atom. The number of ether oxygens (including phenoxy) is 2. The summed E-state index contributed by atoms with van der Waals surface area (Å²) in [6.07, 6.45) is 0.977. The molecule has 5 heteroatoms. The van der Waals surface area contributed by atoms with Crippen LogP contribution in [0, 0.1) is 0 Å². The molecule has 1 aromatic carbocycles. The zero-order valence-corrected chi connectivity index (χ0v) is 11.3. The largest absolute Gasteiger partial charge is 0.496 e. The van der Waals surface area contributed by atoms with Crippen molar-refractivity contribution in [2.24, 2.45) is 0 Å². The molecule has 1 heterocycles. The number of nitrogens with zero attached hydrogens (tertiary/aromatic N) is 1. The predicted octanol–water partition coefficient (Wildman–Crippen LogP) is 3.19. The number of nitrogens with two attached hydrogens (primary N) is 1. The monoisotopic (exact) mass is 264 g/mol. The number of aromatic nitrogens is 1. The Hall–Kier alpha value is -1.75. The number of hydrogen-bond acceptors (Lipinski definition) is 5. The summed E-state index contributed by atoms with van der Waals surface area (Å²) >= 11 is 1.41. The standard InChI is InChI=1S/C13H16N2O2S/c1-3-6-17-9-4-5-12(16-2)10(7-9)11-8-18-13(14)15-11/h4-5,7-8H,3,6H2,1-2H3,(H2,14,15). The highest BCUT2D eigenvalue weighted by molar-refractivity contribution is 7.13. The van der Waals surface area contributed by atoms with Crippen LogP contribution in [0.5, 0.6) is 11.5 Å². The fourth-order valence-electron chi connectivity index (χ4n) is 1.61. The Kier molecular flexibility index (Phi) is 4.04. The lowest BCUT2D eigenvalue weighted by Gasteiger charge is -2.10. The van der Waals surface area contributed by atoms with Gasteiger partial charge in [0.25, 0.3) is 0 Å². The number of nitrogen functional groups attached to an aromatic ring is 1. The van der Waals surface area contributed by atoms with E-state index < -0.39 is 0 Å². The van der Waals surface area contributed by atoms with E-state index in [0.717, 1.165) is 29.2 Å². The quantitative estimate of drug-likeness (QED) is 0.901. The first-order chi connectivity index (χ1) is 8.74. The molecular formula is C13H16N2O2S. The van der Waals surface area contributed by atoms with E-state index in [2.05, 4.69) is 11.9 Å². The van der Waals surface area contributed by atoms with E-state index in [-0.39, 0.29) is 0 Å². The Morgan fingerprint density at radius 3 is 2.83 bits per heavy atom. The maximum atomic E-state index is 5.66. The topological polar surface area (TPSA) is 57.4 Å². The summed E-state index contributed by atoms with van der Waals surface area (Å²) in [6.45, 7) is 2.77. The van der Waals surface area contributed by atoms with Gasteiger partial charge in [-0.25, -0.2) is 4.98 Å². The molecule has 0 unspecified atom stereocenters. The molecular weight excluding hydrogens is 248 g/mol. The zero-order chi connectivity index (χ0) is 13.0. The molecule has 4 nitrogen and oxygen atoms in total. The lowest BCUT2D eigenvalue weighted by atomic mass is 10.1. The van der Waals surface area contributed by atoms with Crippen LogP contribution in [0.1, 0.15) is 13.3 Å². The molecule has 2 rings (SSSR count). The highest BCUT2D eigenvalue weighted by Gasteiger charge is 2.10. The third kappa shape index (κ3) is 2.73. The second kappa shape index (κ2) is 5.73. The first-order valence-corrected chi connectivity index (χ1v) is 6.64. The van der Waals surface area contributed by atoms with Gasteiger partial charge in [0.15, 0.2) is 5.13 Å². The van der Waals surface area contributed by atoms with Gasteiger partial charge in [0, 0.05) is 10.9 Å². The number of rotatable bonds is 5. The van der Waals surface area contributed by atoms with Crippen LogP contribution < -0.4 is 15.2 Å². The molecule has 1 aromatic heterocycles. The maximum absolute atomic E-state index is 5.66. The normalized spacial score (nSPS) is 10.3. The number of methoxy groups -OCH3 is 1. The van der Waals surface area contributed by atoms with Crippen molar-refractivity contribution in [3.63, 3.8) is 0 Å². The third-order valence-electron chi connectivity index (χ3n) is 2.44. The lowest BCUT2D eigenvalue weighted by Crippen LogP contribution is -1.96. The van der Waals surface area contributed by atoms with E-state index in [9.17, 15) is 0 Å². The van der Waals surface area contributed by atoms with Crippen molar-refractivity contribution >= 4 is 16.5 Å². The van der Waals surface area contributed by atoms with Crippen molar-refractivity contribution in [2.75, 3.05) is 19.5 Å². The van der Waals surface area contributed by atoms with Crippen molar-refractivity contribution < 1.29 is 9.47 Å². The summed E-state index contributed by atoms with van der Waals surface area (Å²) in [6, 6.07) is 5.71. The zero-order valence-electron chi connectivity index (χ0n) is 10.5. The maximum Gasteiger partial charge on any atom is 0.180 e. The van der Waals surface area contributed by atoms with Crippen LogP contribution in [-0.2, 0) is 0 Å². The smallest absolute Gasteiger partial charge is 0.180 e. The minimum absolute atomic E-state index is 0.548. The summed E-state index contributed by atoms with van der Waals surface area (Å²) in [5, 5.41) is 2.46. The predicted molar refractivity (Wildman–Crippen MR) is 74.3 cm³/mol. The number of anilines is 1. The Morgan fingerprint density at radius 1 is 1.39 bits per heavy atom. The second-order valence-corrected chi connectivity index (χ2v) is 4.67. The minimum atomic E-state index is 0.548. The van der Waals surface area contributed by atoms with Crippen LogP contribution in [-0.4, -0.2) is 18.7 Å². The summed E-state index contributed by atoms with van der Waals surface area (Å²) in [5.74, 6) is 1.59. The molecule has 0 amide bonds. The third-order valence-corrected chi connectivity index (χ3v) is 3.12. The highest BCUT2D eigenvalue weighted by atomic mass is 32.1. The first-order valence-electron chi connectivity index (χ1n) is 5.76. The molecule has 2 aromatic rings. The van der Waals surface area contributed by atoms with Crippen molar-refractivity contribution in [2.45, 2.75) is 13.3 Å². The van der Waals surface area contributed by atoms with Gasteiger partial charge in [-0.2, -0.15) is 0 Å². The van der Waals surface area contributed by atoms with Crippen LogP contribution in [0.2, 0.25) is 0 Å². The Bertz CT molecular complexity index is 525. The lowest BCUT2D eigenvalue weighted by molar-refractivity contribution is 0.317. The molecule has 0 aliphatic heterocycles. The van der Waals surface area contributed by atoms with E-state index in [1.807, 2.05) is 23.6 Å². The number of benzene rings is 1. The van der Waals surface area contributed by atoms with Gasteiger partial charge in [0.05, 0.1) is 19.4 Å². The molecule has 0 fully saturated rings. The molecule has 18 heavy (non-hydrogen) atoms. The average Bonchev–Trinajstić information content (AvgIpc) is 2.82. The molecule has 0 atom stereocenters. The SMILES string of the molecule is CCCOc1ccc(OC)c(-c2csc(N)n2)c1. The molecule has 96 valence electrons. The van der Waals surface area contributed by atoms with Crippen LogP contribution in [0.3, 0.4) is 0 Å². The van der Waals surface area contributed by atoms with Gasteiger partial charge in [0.1, 0.15) is 11.5 Å². The van der Waals surface area contributed by atoms with Gasteiger partial charge in [-0.05, 0) is 24.6 Å². The van der Waals surface area contributed by atoms with Crippen molar-refractivity contribution in [1.82, 2.24) is 4.98 Å². The molecule has 0 saturated heterocycles. The molecule has 0 bridgehead atoms. The van der Waals surface area contributed by atoms with Crippen LogP contribution in [0.25, 0.3) is 11.3 Å². The fourth-order valence-corrected chi connectivity index (χ4v) is 2.17. The fraction of sp³-hybridized carbons (Fsp3) is 0.308. The summed E-state index contributed by atoms with van der Waals surface area (Å²) in [5.41, 5.74) is 7.38. The van der Waals surface area contributed by atoms with Gasteiger partial charge in [0.2, 0.25) is 0 Å². The van der Waals surface area contributed by atoms with Crippen molar-refractivity contribution in [3.05, 3.63) is 23.6 Å². The molecule has 0 aliphatic rings. The Balaban J connectivity index is 2.36.